The van der Waals surface area contributed by atoms with Crippen LogP contribution in [0.15, 0.2) is 54.6 Å². The molecule has 4 saturated heterocycles. The van der Waals surface area contributed by atoms with Crippen LogP contribution in [0.4, 0.5) is 17.1 Å². The Hall–Kier alpha value is -5.04. The molecule has 4 heterocycles. The average molecular weight is 1650 g/mol. The number of para-hydroxylation sites is 3. The number of hydrogen-bond acceptors (Lipinski definition) is 13. The normalized spacial score (nSPS) is 22.2. The highest BCUT2D eigenvalue weighted by Crippen LogP contribution is 2.32. The third-order valence-corrected chi connectivity index (χ3v) is 19.8. The van der Waals surface area contributed by atoms with Gasteiger partial charge in [0.1, 0.15) is 12.0 Å². The standard InChI is InChI=1S/C24H34N2O5.C23H33N3O4.C23H35N3O4.3HI/c1-4-26(14-8-10-18(15-26)23(28)31-19-11-5-6-12-19)16-21(27)25-22-17(2)9-7-13-20(22)24(29)30-3;1-4-26(14-8-10-18(15-26)22(28)25-12-5-6-13-25)16-20(27)24-21-17(2)9-7-11-19(21)23(29)30-3;1-6-25(7-2)22(28)18-12-10-14-26(8-3,15-18)16-20(27)24-21-17(4)11-9-13-19(21)23(29)30-5;;;/h7,9,13,18-19H,4-6,8,10-12,14-16H2,1-3H3;7,9,11,18H,4-6,8,10,12-16H2,1-3H3;9,11,13,18H,6-8,10,12,14-16H2,1-5H3;3*1H. The summed E-state index contributed by atoms with van der Waals surface area (Å²) in [6.45, 7) is 26.8. The number of benzene rings is 3. The molecule has 94 heavy (non-hydrogen) atoms. The van der Waals surface area contributed by atoms with Gasteiger partial charge < -0.3 is 130 Å². The van der Waals surface area contributed by atoms with E-state index in [0.717, 1.165) is 146 Å². The van der Waals surface area contributed by atoms with Gasteiger partial charge in [0.15, 0.2) is 19.6 Å². The third kappa shape index (κ3) is 22.5. The largest absolute Gasteiger partial charge is 1.00 e. The summed E-state index contributed by atoms with van der Waals surface area (Å²) < 4.78 is 22.1. The number of halogens is 3. The number of nitrogens with one attached hydrogen (secondary N) is 3. The van der Waals surface area contributed by atoms with Crippen LogP contribution in [-0.2, 0) is 47.7 Å². The molecule has 6 unspecified atom stereocenters. The van der Waals surface area contributed by atoms with Crippen LogP contribution in [0.25, 0.3) is 0 Å². The van der Waals surface area contributed by atoms with Crippen molar-refractivity contribution < 1.29 is 147 Å². The van der Waals surface area contributed by atoms with E-state index in [2.05, 4.69) is 36.7 Å². The van der Waals surface area contributed by atoms with Crippen molar-refractivity contribution in [2.75, 3.05) is 142 Å². The number of likely N-dealkylation sites (N-methyl/N-ethyl adjacent to an activating group) is 3. The summed E-state index contributed by atoms with van der Waals surface area (Å²) in [5, 5.41) is 8.82. The molecule has 0 spiro atoms. The zero-order valence-corrected chi connectivity index (χ0v) is 64.0. The molecule has 4 aliphatic heterocycles. The molecule has 6 atom stereocenters. The molecule has 0 aromatic heterocycles. The van der Waals surface area contributed by atoms with Gasteiger partial charge in [-0.05, 0) is 167 Å². The lowest BCUT2D eigenvalue weighted by atomic mass is 9.93. The van der Waals surface area contributed by atoms with Crippen LogP contribution < -0.4 is 87.9 Å². The summed E-state index contributed by atoms with van der Waals surface area (Å²) in [5.74, 6) is -1.72. The van der Waals surface area contributed by atoms with Crippen LogP contribution in [0.2, 0.25) is 0 Å². The van der Waals surface area contributed by atoms with Gasteiger partial charge in [-0.3, -0.25) is 28.8 Å². The van der Waals surface area contributed by atoms with E-state index in [1.807, 2.05) is 62.6 Å². The van der Waals surface area contributed by atoms with Gasteiger partial charge in [-0.25, -0.2) is 14.4 Å². The third-order valence-electron chi connectivity index (χ3n) is 19.8. The Labute approximate surface area is 609 Å². The van der Waals surface area contributed by atoms with Crippen molar-refractivity contribution in [3.05, 3.63) is 88.0 Å². The molecule has 5 amide bonds. The van der Waals surface area contributed by atoms with Crippen LogP contribution in [0.5, 0.6) is 0 Å². The molecule has 5 fully saturated rings. The van der Waals surface area contributed by atoms with E-state index < -0.39 is 17.9 Å². The number of carbonyl (C=O) groups is 9. The van der Waals surface area contributed by atoms with Crippen LogP contribution in [0, 0.1) is 38.5 Å². The maximum Gasteiger partial charge on any atom is 0.339 e. The van der Waals surface area contributed by atoms with Crippen molar-refractivity contribution in [3.63, 3.8) is 0 Å². The zero-order chi connectivity index (χ0) is 66.5. The number of carbonyl (C=O) groups excluding carboxylic acids is 9. The summed E-state index contributed by atoms with van der Waals surface area (Å²) >= 11 is 0. The molecule has 1 aliphatic carbocycles. The van der Waals surface area contributed by atoms with Gasteiger partial charge >= 0.3 is 23.9 Å². The minimum absolute atomic E-state index is 0. The average Bonchev–Trinajstić information content (AvgIpc) is 1.29. The number of esters is 4. The van der Waals surface area contributed by atoms with Gasteiger partial charge in [0.05, 0.1) is 126 Å². The minimum atomic E-state index is -0.480. The number of aryl methyl sites for hydroxylation is 3. The van der Waals surface area contributed by atoms with E-state index in [4.69, 9.17) is 18.9 Å². The van der Waals surface area contributed by atoms with Crippen LogP contribution in [-0.4, -0.2) is 209 Å². The first kappa shape index (κ1) is 83.2. The molecule has 3 aromatic rings. The van der Waals surface area contributed by atoms with Gasteiger partial charge in [0.2, 0.25) is 11.8 Å². The number of hydrogen-bond donors (Lipinski definition) is 3. The molecule has 1 saturated carbocycles. The topological polar surface area (TPSA) is 233 Å². The summed E-state index contributed by atoms with van der Waals surface area (Å²) in [5.41, 5.74) is 4.96. The zero-order valence-electron chi connectivity index (χ0n) is 57.5. The van der Waals surface area contributed by atoms with Gasteiger partial charge in [-0.1, -0.05) is 36.4 Å². The Morgan fingerprint density at radius 3 is 1.16 bits per heavy atom. The van der Waals surface area contributed by atoms with Crippen LogP contribution in [0.1, 0.15) is 159 Å². The minimum Gasteiger partial charge on any atom is -1.00 e. The van der Waals surface area contributed by atoms with Crippen LogP contribution in [0.3, 0.4) is 0 Å². The monoisotopic (exact) mass is 1650 g/mol. The first-order chi connectivity index (χ1) is 43.6. The Bertz CT molecular complexity index is 2930. The number of quaternary nitrogens is 3. The van der Waals surface area contributed by atoms with Crippen molar-refractivity contribution in [1.82, 2.24) is 9.80 Å². The quantitative estimate of drug-likeness (QED) is 0.0548. The fourth-order valence-corrected chi connectivity index (χ4v) is 14.2. The predicted octanol–water partition coefficient (Wildman–Crippen LogP) is -0.111. The Morgan fingerprint density at radius 2 is 0.809 bits per heavy atom. The fraction of sp³-hybridized carbons (Fsp3) is 0.614. The highest BCUT2D eigenvalue weighted by atomic mass is 127. The molecule has 3 N–H and O–H groups in total. The highest BCUT2D eigenvalue weighted by molar-refractivity contribution is 6.04. The van der Waals surface area contributed by atoms with E-state index in [0.29, 0.717) is 86.5 Å². The molecular formula is C70H105I3N8O13. The summed E-state index contributed by atoms with van der Waals surface area (Å²) in [6, 6.07) is 15.8. The molecule has 5 aliphatic rings. The van der Waals surface area contributed by atoms with Crippen molar-refractivity contribution in [2.24, 2.45) is 17.8 Å². The first-order valence-electron chi connectivity index (χ1n) is 33.3. The molecule has 524 valence electrons. The number of ether oxygens (including phenoxy) is 4. The number of amides is 5. The predicted molar refractivity (Wildman–Crippen MR) is 350 cm³/mol. The second-order valence-electron chi connectivity index (χ2n) is 25.7. The maximum absolute atomic E-state index is 13.0. The Balaban J connectivity index is 0.000000362. The van der Waals surface area contributed by atoms with Gasteiger partial charge in [-0.2, -0.15) is 0 Å². The van der Waals surface area contributed by atoms with E-state index in [1.54, 1.807) is 36.4 Å². The van der Waals surface area contributed by atoms with E-state index in [-0.39, 0.29) is 144 Å². The first-order valence-corrected chi connectivity index (χ1v) is 33.3. The van der Waals surface area contributed by atoms with Crippen molar-refractivity contribution in [3.8, 4) is 0 Å². The number of anilines is 3. The van der Waals surface area contributed by atoms with Crippen molar-refractivity contribution in [2.45, 2.75) is 139 Å². The molecule has 8 rings (SSSR count). The number of likely N-dealkylation sites (tertiary alicyclic amines) is 4. The number of rotatable bonds is 21. The van der Waals surface area contributed by atoms with Gasteiger partial charge in [-0.15, -0.1) is 0 Å². The smallest absolute Gasteiger partial charge is 0.339 e. The van der Waals surface area contributed by atoms with Crippen molar-refractivity contribution >= 4 is 70.5 Å². The summed E-state index contributed by atoms with van der Waals surface area (Å²) in [4.78, 5) is 118. The van der Waals surface area contributed by atoms with E-state index in [9.17, 15) is 43.2 Å². The second-order valence-corrected chi connectivity index (χ2v) is 25.7. The Morgan fingerprint density at radius 1 is 0.468 bits per heavy atom. The number of nitrogens with zero attached hydrogens (tertiary/aromatic N) is 5. The lowest BCUT2D eigenvalue weighted by Crippen LogP contribution is -3.00. The molecule has 0 radical (unpaired) electrons. The molecule has 3 aromatic carbocycles. The maximum atomic E-state index is 13.0. The number of methoxy groups -OCH3 is 3. The van der Waals surface area contributed by atoms with E-state index in [1.165, 1.54) is 21.3 Å². The summed E-state index contributed by atoms with van der Waals surface area (Å²) in [7, 11) is 3.99. The Kier molecular flexibility index (Phi) is 35.4. The van der Waals surface area contributed by atoms with Gasteiger partial charge in [0.25, 0.3) is 17.7 Å². The lowest BCUT2D eigenvalue weighted by Gasteiger charge is -2.43. The van der Waals surface area contributed by atoms with Gasteiger partial charge in [0, 0.05) is 26.2 Å². The molecule has 0 bridgehead atoms. The molecule has 24 heteroatoms. The lowest BCUT2D eigenvalue weighted by molar-refractivity contribution is -0.925. The highest BCUT2D eigenvalue weighted by Gasteiger charge is 2.43. The van der Waals surface area contributed by atoms with E-state index >= 15 is 0 Å². The van der Waals surface area contributed by atoms with Crippen LogP contribution >= 0.6 is 0 Å². The van der Waals surface area contributed by atoms with Crippen molar-refractivity contribution in [1.29, 1.82) is 0 Å². The summed E-state index contributed by atoms with van der Waals surface area (Å²) in [6.07, 6.45) is 11.8. The molecular weight excluding hydrogens is 1540 g/mol. The fourth-order valence-electron chi connectivity index (χ4n) is 14.2. The number of piperidine rings is 3. The molecule has 21 nitrogen and oxygen atoms in total. The SMILES string of the molecule is CCN(CC)C(=O)C1CCC[N+](CC)(CC(=O)Nc2c(C)cccc2C(=O)OC)C1.CC[N+]1(CC(=O)Nc2c(C)cccc2C(=O)OC)CCCC(C(=O)N2CCCC2)C1.CC[N+]1(CC(=O)Nc2c(C)cccc2C(=O)OC)CCCC(C(=O)OC2CCCC2)C1.[I-].[I-].[I-]. The second kappa shape index (κ2) is 40.0.